The summed E-state index contributed by atoms with van der Waals surface area (Å²) in [5.74, 6) is 0.225. The number of hydrogen-bond acceptors (Lipinski definition) is 3. The van der Waals surface area contributed by atoms with E-state index in [0.29, 0.717) is 6.54 Å². The first-order valence-corrected chi connectivity index (χ1v) is 8.89. The number of hydrogen-bond donors (Lipinski definition) is 2. The summed E-state index contributed by atoms with van der Waals surface area (Å²) in [5, 5.41) is 21.0. The summed E-state index contributed by atoms with van der Waals surface area (Å²) in [6, 6.07) is 0. The number of aromatic hydroxyl groups is 2. The number of rotatable bonds is 6. The molecule has 2 aromatic rings. The van der Waals surface area contributed by atoms with Gasteiger partial charge in [0.05, 0.1) is 12.0 Å². The van der Waals surface area contributed by atoms with E-state index in [9.17, 15) is 10.2 Å². The summed E-state index contributed by atoms with van der Waals surface area (Å²) in [6.45, 7) is 5.65. The van der Waals surface area contributed by atoms with Gasteiger partial charge in [0, 0.05) is 31.0 Å². The Balaban J connectivity index is 1.91. The molecule has 0 atom stereocenters. The van der Waals surface area contributed by atoms with Crippen molar-refractivity contribution in [2.24, 2.45) is 0 Å². The Morgan fingerprint density at radius 2 is 2.04 bits per heavy atom. The first-order valence-electron chi connectivity index (χ1n) is 8.89. The number of imidazole rings is 1. The molecule has 0 bridgehead atoms. The fraction of sp³-hybridized carbons (Fsp3) is 0.526. The molecule has 0 saturated carbocycles. The van der Waals surface area contributed by atoms with Gasteiger partial charge in [-0.2, -0.15) is 0 Å². The summed E-state index contributed by atoms with van der Waals surface area (Å²) in [5.41, 5.74) is 3.18. The van der Waals surface area contributed by atoms with Gasteiger partial charge in [0.2, 0.25) is 5.88 Å². The van der Waals surface area contributed by atoms with E-state index in [4.69, 9.17) is 0 Å². The van der Waals surface area contributed by atoms with E-state index in [0.717, 1.165) is 37.1 Å². The average Bonchev–Trinajstić information content (AvgIpc) is 3.17. The zero-order valence-electron chi connectivity index (χ0n) is 14.6. The van der Waals surface area contributed by atoms with Crippen LogP contribution in [0.15, 0.2) is 24.8 Å². The molecule has 2 aromatic heterocycles. The van der Waals surface area contributed by atoms with E-state index >= 15 is 0 Å². The molecular formula is C19H27N3O2. The van der Waals surface area contributed by atoms with Crippen LogP contribution in [-0.2, 0) is 13.1 Å². The standard InChI is InChI=1S/C19H27N3O2/c1-14(2)16-17(15-7-4-3-5-8-15)22(19(24)18(16)23)11-6-10-21-12-9-20-13-21/h7,9,12-14,23-24H,3-6,8,10-11H2,1-2H3. The summed E-state index contributed by atoms with van der Waals surface area (Å²) < 4.78 is 3.93. The Bertz CT molecular complexity index is 712. The van der Waals surface area contributed by atoms with E-state index in [1.807, 2.05) is 15.3 Å². The van der Waals surface area contributed by atoms with Gasteiger partial charge in [-0.15, -0.1) is 0 Å². The van der Waals surface area contributed by atoms with Crippen molar-refractivity contribution in [2.45, 2.75) is 65.0 Å². The second kappa shape index (κ2) is 7.16. The largest absolute Gasteiger partial charge is 0.503 e. The van der Waals surface area contributed by atoms with Crippen LogP contribution in [0.4, 0.5) is 0 Å². The predicted molar refractivity (Wildman–Crippen MR) is 95.1 cm³/mol. The molecule has 0 aliphatic heterocycles. The van der Waals surface area contributed by atoms with E-state index in [-0.39, 0.29) is 17.5 Å². The molecule has 0 radical (unpaired) electrons. The summed E-state index contributed by atoms with van der Waals surface area (Å²) in [6.07, 6.45) is 13.2. The quantitative estimate of drug-likeness (QED) is 0.832. The molecule has 2 heterocycles. The highest BCUT2D eigenvalue weighted by molar-refractivity contribution is 5.72. The molecular weight excluding hydrogens is 302 g/mol. The number of aryl methyl sites for hydroxylation is 1. The molecule has 130 valence electrons. The normalized spacial score (nSPS) is 15.0. The molecule has 2 N–H and O–H groups in total. The fourth-order valence-electron chi connectivity index (χ4n) is 3.61. The predicted octanol–water partition coefficient (Wildman–Crippen LogP) is 4.27. The Morgan fingerprint density at radius 1 is 1.21 bits per heavy atom. The molecule has 0 amide bonds. The smallest absolute Gasteiger partial charge is 0.235 e. The van der Waals surface area contributed by atoms with Gasteiger partial charge in [0.15, 0.2) is 5.75 Å². The third-order valence-corrected chi connectivity index (χ3v) is 4.78. The van der Waals surface area contributed by atoms with Crippen LogP contribution in [-0.4, -0.2) is 24.3 Å². The van der Waals surface area contributed by atoms with Gasteiger partial charge in [-0.25, -0.2) is 4.98 Å². The minimum Gasteiger partial charge on any atom is -0.503 e. The lowest BCUT2D eigenvalue weighted by atomic mass is 9.91. The molecule has 3 rings (SSSR count). The molecule has 5 nitrogen and oxygen atoms in total. The van der Waals surface area contributed by atoms with Crippen molar-refractivity contribution in [1.29, 1.82) is 0 Å². The number of aromatic nitrogens is 3. The van der Waals surface area contributed by atoms with Crippen molar-refractivity contribution in [3.63, 3.8) is 0 Å². The van der Waals surface area contributed by atoms with Crippen LogP contribution in [0.3, 0.4) is 0 Å². The lowest BCUT2D eigenvalue weighted by Gasteiger charge is -2.19. The van der Waals surface area contributed by atoms with E-state index in [2.05, 4.69) is 24.9 Å². The van der Waals surface area contributed by atoms with E-state index < -0.39 is 0 Å². The van der Waals surface area contributed by atoms with Crippen LogP contribution >= 0.6 is 0 Å². The first-order chi connectivity index (χ1) is 11.6. The lowest BCUT2D eigenvalue weighted by Crippen LogP contribution is -2.08. The van der Waals surface area contributed by atoms with Crippen LogP contribution in [0.1, 0.15) is 63.1 Å². The molecule has 0 aromatic carbocycles. The van der Waals surface area contributed by atoms with E-state index in [1.165, 1.54) is 18.4 Å². The number of nitrogens with zero attached hydrogens (tertiary/aromatic N) is 3. The maximum atomic E-state index is 10.5. The van der Waals surface area contributed by atoms with Gasteiger partial charge in [-0.1, -0.05) is 19.9 Å². The second-order valence-corrected chi connectivity index (χ2v) is 6.87. The van der Waals surface area contributed by atoms with Crippen molar-refractivity contribution >= 4 is 5.57 Å². The SMILES string of the molecule is CC(C)c1c(O)c(O)n(CCCn2ccnc2)c1C1=CCCCC1. The number of allylic oxidation sites excluding steroid dienone is 2. The van der Waals surface area contributed by atoms with E-state index in [1.54, 1.807) is 12.5 Å². The van der Waals surface area contributed by atoms with Crippen LogP contribution in [0.2, 0.25) is 0 Å². The van der Waals surface area contributed by atoms with Gasteiger partial charge in [0.1, 0.15) is 0 Å². The molecule has 5 heteroatoms. The van der Waals surface area contributed by atoms with Crippen LogP contribution in [0, 0.1) is 0 Å². The highest BCUT2D eigenvalue weighted by atomic mass is 16.3. The minimum atomic E-state index is 0.00537. The topological polar surface area (TPSA) is 63.2 Å². The zero-order valence-corrected chi connectivity index (χ0v) is 14.6. The van der Waals surface area contributed by atoms with Gasteiger partial charge in [0.25, 0.3) is 0 Å². The molecule has 0 spiro atoms. The first kappa shape index (κ1) is 16.7. The van der Waals surface area contributed by atoms with Gasteiger partial charge in [-0.3, -0.25) is 0 Å². The zero-order chi connectivity index (χ0) is 17.1. The minimum absolute atomic E-state index is 0.00537. The van der Waals surface area contributed by atoms with Crippen molar-refractivity contribution in [2.75, 3.05) is 0 Å². The summed E-state index contributed by atoms with van der Waals surface area (Å²) in [7, 11) is 0. The van der Waals surface area contributed by atoms with Crippen molar-refractivity contribution in [3.8, 4) is 11.6 Å². The monoisotopic (exact) mass is 329 g/mol. The summed E-state index contributed by atoms with van der Waals surface area (Å²) in [4.78, 5) is 4.06. The molecule has 1 aliphatic carbocycles. The maximum Gasteiger partial charge on any atom is 0.235 e. The second-order valence-electron chi connectivity index (χ2n) is 6.87. The van der Waals surface area contributed by atoms with Gasteiger partial charge >= 0.3 is 0 Å². The Morgan fingerprint density at radius 3 is 2.67 bits per heavy atom. The Kier molecular flexibility index (Phi) is 4.97. The maximum absolute atomic E-state index is 10.5. The third-order valence-electron chi connectivity index (χ3n) is 4.78. The van der Waals surface area contributed by atoms with Gasteiger partial charge in [-0.05, 0) is 43.6 Å². The third kappa shape index (κ3) is 3.21. The van der Waals surface area contributed by atoms with Crippen LogP contribution in [0.25, 0.3) is 5.57 Å². The van der Waals surface area contributed by atoms with Crippen molar-refractivity contribution in [3.05, 3.63) is 36.1 Å². The van der Waals surface area contributed by atoms with Crippen LogP contribution < -0.4 is 0 Å². The molecule has 0 fully saturated rings. The average molecular weight is 329 g/mol. The lowest BCUT2D eigenvalue weighted by molar-refractivity contribution is 0.365. The Hall–Kier alpha value is -2.17. The molecule has 0 unspecified atom stereocenters. The van der Waals surface area contributed by atoms with Gasteiger partial charge < -0.3 is 19.3 Å². The van der Waals surface area contributed by atoms with Crippen LogP contribution in [0.5, 0.6) is 11.6 Å². The highest BCUT2D eigenvalue weighted by Gasteiger charge is 2.26. The fourth-order valence-corrected chi connectivity index (χ4v) is 3.61. The molecule has 24 heavy (non-hydrogen) atoms. The highest BCUT2D eigenvalue weighted by Crippen LogP contribution is 2.44. The van der Waals surface area contributed by atoms with Crippen molar-refractivity contribution < 1.29 is 10.2 Å². The summed E-state index contributed by atoms with van der Waals surface area (Å²) >= 11 is 0. The molecule has 1 aliphatic rings. The Labute approximate surface area is 143 Å². The van der Waals surface area contributed by atoms with Crippen molar-refractivity contribution in [1.82, 2.24) is 14.1 Å². The molecule has 0 saturated heterocycles.